The number of phenolic OH excluding ortho intramolecular Hbond substituents is 1. The summed E-state index contributed by atoms with van der Waals surface area (Å²) in [5.74, 6) is -0.306. The predicted molar refractivity (Wildman–Crippen MR) is 55.9 cm³/mol. The van der Waals surface area contributed by atoms with Gasteiger partial charge in [0.15, 0.2) is 12.3 Å². The molecule has 0 atom stereocenters. The number of carboxylic acid groups (broad SMARTS) is 1. The highest BCUT2D eigenvalue weighted by Crippen LogP contribution is 2.17. The summed E-state index contributed by atoms with van der Waals surface area (Å²) >= 11 is 0. The zero-order valence-corrected chi connectivity index (χ0v) is 8.66. The molecule has 2 aromatic rings. The zero-order valence-electron chi connectivity index (χ0n) is 8.66. The Morgan fingerprint density at radius 3 is 2.65 bits per heavy atom. The van der Waals surface area contributed by atoms with Crippen molar-refractivity contribution in [2.45, 2.75) is 6.61 Å². The Hall–Kier alpha value is -2.50. The third-order valence-electron chi connectivity index (χ3n) is 1.97. The van der Waals surface area contributed by atoms with E-state index in [1.807, 2.05) is 0 Å². The lowest BCUT2D eigenvalue weighted by Gasteiger charge is -2.02. The number of nitrogens with zero attached hydrogens (tertiary/aromatic N) is 1. The van der Waals surface area contributed by atoms with Crippen LogP contribution in [0.15, 0.2) is 34.9 Å². The number of phenols is 1. The Labute approximate surface area is 96.1 Å². The molecule has 6 heteroatoms. The van der Waals surface area contributed by atoms with Gasteiger partial charge in [0, 0.05) is 0 Å². The molecule has 1 aromatic heterocycles. The van der Waals surface area contributed by atoms with E-state index < -0.39 is 5.97 Å². The molecular weight excluding hydrogens is 226 g/mol. The fourth-order valence-electron chi connectivity index (χ4n) is 1.16. The largest absolute Gasteiger partial charge is 0.508 e. The molecule has 0 bridgehead atoms. The summed E-state index contributed by atoms with van der Waals surface area (Å²) in [6.07, 6.45) is 1.05. The summed E-state index contributed by atoms with van der Waals surface area (Å²) in [5.41, 5.74) is -0.158. The Morgan fingerprint density at radius 2 is 2.06 bits per heavy atom. The minimum atomic E-state index is -1.15. The Kier molecular flexibility index (Phi) is 2.95. The van der Waals surface area contributed by atoms with Crippen molar-refractivity contribution in [3.63, 3.8) is 0 Å². The number of aromatic carboxylic acids is 1. The molecule has 2 rings (SSSR count). The van der Waals surface area contributed by atoms with Crippen LogP contribution in [0.25, 0.3) is 0 Å². The van der Waals surface area contributed by atoms with Crippen molar-refractivity contribution < 1.29 is 24.2 Å². The third-order valence-corrected chi connectivity index (χ3v) is 1.97. The molecule has 17 heavy (non-hydrogen) atoms. The summed E-state index contributed by atoms with van der Waals surface area (Å²) in [7, 11) is 0. The molecule has 0 aliphatic carbocycles. The van der Waals surface area contributed by atoms with Gasteiger partial charge in [0.2, 0.25) is 5.89 Å². The maximum Gasteiger partial charge on any atom is 0.357 e. The van der Waals surface area contributed by atoms with Crippen molar-refractivity contribution in [2.24, 2.45) is 0 Å². The summed E-state index contributed by atoms with van der Waals surface area (Å²) in [4.78, 5) is 14.2. The number of benzene rings is 1. The highest BCUT2D eigenvalue weighted by molar-refractivity contribution is 5.84. The number of oxazole rings is 1. The van der Waals surface area contributed by atoms with Crippen LogP contribution in [-0.4, -0.2) is 21.2 Å². The first kappa shape index (κ1) is 11.0. The first-order valence-corrected chi connectivity index (χ1v) is 4.74. The number of aromatic hydroxyl groups is 1. The molecule has 6 nitrogen and oxygen atoms in total. The molecule has 0 spiro atoms. The average molecular weight is 235 g/mol. The third kappa shape index (κ3) is 2.75. The molecule has 0 aliphatic rings. The van der Waals surface area contributed by atoms with Gasteiger partial charge in [0.25, 0.3) is 0 Å². The Bertz CT molecular complexity index is 517. The first-order chi connectivity index (χ1) is 8.15. The first-order valence-electron chi connectivity index (χ1n) is 4.74. The van der Waals surface area contributed by atoms with Gasteiger partial charge in [-0.25, -0.2) is 9.78 Å². The number of carbonyl (C=O) groups is 1. The second-order valence-electron chi connectivity index (χ2n) is 3.21. The summed E-state index contributed by atoms with van der Waals surface area (Å²) < 4.78 is 10.2. The van der Waals surface area contributed by atoms with Crippen LogP contribution in [0.5, 0.6) is 11.5 Å². The van der Waals surface area contributed by atoms with Gasteiger partial charge in [-0.1, -0.05) is 0 Å². The molecule has 1 aromatic carbocycles. The number of aromatic nitrogens is 1. The molecule has 0 unspecified atom stereocenters. The molecule has 0 saturated heterocycles. The van der Waals surface area contributed by atoms with E-state index >= 15 is 0 Å². The van der Waals surface area contributed by atoms with E-state index in [0.29, 0.717) is 5.75 Å². The van der Waals surface area contributed by atoms with Crippen LogP contribution in [0.3, 0.4) is 0 Å². The summed E-state index contributed by atoms with van der Waals surface area (Å²) in [6.45, 7) is 0.0258. The number of hydrogen-bond donors (Lipinski definition) is 2. The van der Waals surface area contributed by atoms with E-state index in [1.165, 1.54) is 12.1 Å². The normalized spacial score (nSPS) is 10.1. The number of ether oxygens (including phenoxy) is 1. The van der Waals surface area contributed by atoms with Crippen LogP contribution in [0, 0.1) is 0 Å². The second-order valence-corrected chi connectivity index (χ2v) is 3.21. The van der Waals surface area contributed by atoms with Gasteiger partial charge in [-0.05, 0) is 24.3 Å². The summed E-state index contributed by atoms with van der Waals surface area (Å²) in [6, 6.07) is 6.12. The quantitative estimate of drug-likeness (QED) is 0.837. The molecule has 0 saturated carbocycles. The maximum absolute atomic E-state index is 10.5. The van der Waals surface area contributed by atoms with Crippen LogP contribution in [-0.2, 0) is 6.61 Å². The summed E-state index contributed by atoms with van der Waals surface area (Å²) in [5, 5.41) is 17.7. The van der Waals surface area contributed by atoms with Crippen LogP contribution in [0.2, 0.25) is 0 Å². The van der Waals surface area contributed by atoms with Crippen molar-refractivity contribution in [1.29, 1.82) is 0 Å². The van der Waals surface area contributed by atoms with E-state index in [9.17, 15) is 4.79 Å². The van der Waals surface area contributed by atoms with E-state index in [2.05, 4.69) is 4.98 Å². The standard InChI is InChI=1S/C11H9NO5/c13-7-1-3-8(4-2-7)16-6-10-12-9(5-17-10)11(14)15/h1-5,13H,6H2,(H,14,15). The maximum atomic E-state index is 10.5. The van der Waals surface area contributed by atoms with Crippen LogP contribution >= 0.6 is 0 Å². The van der Waals surface area contributed by atoms with Crippen LogP contribution in [0.1, 0.15) is 16.4 Å². The van der Waals surface area contributed by atoms with Crippen molar-refractivity contribution in [3.05, 3.63) is 42.1 Å². The van der Waals surface area contributed by atoms with E-state index in [0.717, 1.165) is 6.26 Å². The molecule has 0 amide bonds. The van der Waals surface area contributed by atoms with Gasteiger partial charge in [-0.3, -0.25) is 0 Å². The van der Waals surface area contributed by atoms with Crippen LogP contribution < -0.4 is 4.74 Å². The molecule has 0 fully saturated rings. The molecule has 0 aliphatic heterocycles. The molecule has 88 valence electrons. The fraction of sp³-hybridized carbons (Fsp3) is 0.0909. The van der Waals surface area contributed by atoms with Crippen molar-refractivity contribution in [3.8, 4) is 11.5 Å². The second kappa shape index (κ2) is 4.56. The van der Waals surface area contributed by atoms with E-state index in [-0.39, 0.29) is 23.9 Å². The average Bonchev–Trinajstić information content (AvgIpc) is 2.77. The number of rotatable bonds is 4. The number of carboxylic acids is 1. The Balaban J connectivity index is 1.97. The minimum absolute atomic E-state index is 0.0258. The highest BCUT2D eigenvalue weighted by Gasteiger charge is 2.10. The monoisotopic (exact) mass is 235 g/mol. The van der Waals surface area contributed by atoms with Crippen molar-refractivity contribution >= 4 is 5.97 Å². The zero-order chi connectivity index (χ0) is 12.3. The highest BCUT2D eigenvalue weighted by atomic mass is 16.5. The van der Waals surface area contributed by atoms with Gasteiger partial charge in [0.1, 0.15) is 17.8 Å². The SMILES string of the molecule is O=C(O)c1coc(COc2ccc(O)cc2)n1. The minimum Gasteiger partial charge on any atom is -0.508 e. The lowest BCUT2D eigenvalue weighted by molar-refractivity contribution is 0.0690. The topological polar surface area (TPSA) is 92.8 Å². The smallest absolute Gasteiger partial charge is 0.357 e. The van der Waals surface area contributed by atoms with Crippen molar-refractivity contribution in [2.75, 3.05) is 0 Å². The molecule has 0 radical (unpaired) electrons. The van der Waals surface area contributed by atoms with Gasteiger partial charge >= 0.3 is 5.97 Å². The van der Waals surface area contributed by atoms with E-state index in [4.69, 9.17) is 19.4 Å². The number of hydrogen-bond acceptors (Lipinski definition) is 5. The molecule has 1 heterocycles. The van der Waals surface area contributed by atoms with Gasteiger partial charge in [0.05, 0.1) is 0 Å². The van der Waals surface area contributed by atoms with E-state index in [1.54, 1.807) is 12.1 Å². The van der Waals surface area contributed by atoms with Crippen LogP contribution in [0.4, 0.5) is 0 Å². The molecular formula is C11H9NO5. The fourth-order valence-corrected chi connectivity index (χ4v) is 1.16. The van der Waals surface area contributed by atoms with Gasteiger partial charge < -0.3 is 19.4 Å². The predicted octanol–water partition coefficient (Wildman–Crippen LogP) is 1.66. The van der Waals surface area contributed by atoms with Gasteiger partial charge in [-0.15, -0.1) is 0 Å². The lowest BCUT2D eigenvalue weighted by atomic mass is 10.3. The van der Waals surface area contributed by atoms with Crippen molar-refractivity contribution in [1.82, 2.24) is 4.98 Å². The lowest BCUT2D eigenvalue weighted by Crippen LogP contribution is -1.99. The molecule has 2 N–H and O–H groups in total. The van der Waals surface area contributed by atoms with Gasteiger partial charge in [-0.2, -0.15) is 0 Å². The Morgan fingerprint density at radius 1 is 1.35 bits per heavy atom.